The molecule has 18 heavy (non-hydrogen) atoms. The molecule has 8 heteroatoms. The molecule has 5 N–H and O–H groups in total. The number of anilines is 2. The van der Waals surface area contributed by atoms with Crippen molar-refractivity contribution >= 4 is 27.4 Å². The summed E-state index contributed by atoms with van der Waals surface area (Å²) in [4.78, 5) is 10.9. The maximum atomic E-state index is 10.9. The highest BCUT2D eigenvalue weighted by molar-refractivity contribution is 7.88. The maximum absolute atomic E-state index is 10.9. The number of benzene rings is 1. The van der Waals surface area contributed by atoms with Crippen molar-refractivity contribution in [1.29, 1.82) is 0 Å². The molecule has 0 aliphatic heterocycles. The van der Waals surface area contributed by atoms with Crippen LogP contribution in [0.3, 0.4) is 0 Å². The highest BCUT2D eigenvalue weighted by Crippen LogP contribution is 2.18. The van der Waals surface area contributed by atoms with Gasteiger partial charge in [0.2, 0.25) is 10.0 Å². The molecule has 1 rings (SSSR count). The number of carboxylic acid groups (broad SMARTS) is 1. The summed E-state index contributed by atoms with van der Waals surface area (Å²) in [6, 6.07) is 4.37. The van der Waals surface area contributed by atoms with Crippen LogP contribution in [-0.2, 0) is 10.0 Å². The molecule has 0 heterocycles. The smallest absolute Gasteiger partial charge is 0.337 e. The van der Waals surface area contributed by atoms with Crippen LogP contribution in [0, 0.1) is 0 Å². The maximum Gasteiger partial charge on any atom is 0.337 e. The largest absolute Gasteiger partial charge is 0.478 e. The highest BCUT2D eigenvalue weighted by Gasteiger charge is 2.09. The molecule has 0 saturated heterocycles. The summed E-state index contributed by atoms with van der Waals surface area (Å²) in [6.45, 7) is 0.420. The lowest BCUT2D eigenvalue weighted by Crippen LogP contribution is -2.28. The van der Waals surface area contributed by atoms with E-state index in [4.69, 9.17) is 10.8 Å². The topological polar surface area (TPSA) is 122 Å². The van der Waals surface area contributed by atoms with Crippen LogP contribution >= 0.6 is 0 Å². The van der Waals surface area contributed by atoms with Crippen molar-refractivity contribution in [3.63, 3.8) is 0 Å². The Bertz CT molecular complexity index is 542. The van der Waals surface area contributed by atoms with Gasteiger partial charge in [-0.05, 0) is 18.2 Å². The normalized spacial score (nSPS) is 11.2. The standard InChI is InChI=1S/C10H15N3O4S/c1-18(16,17)13-5-4-12-9-6-7(11)2-3-8(9)10(14)15/h2-3,6,12-13H,4-5,11H2,1H3,(H,14,15). The molecular formula is C10H15N3O4S. The van der Waals surface area contributed by atoms with Gasteiger partial charge in [0.25, 0.3) is 0 Å². The highest BCUT2D eigenvalue weighted by atomic mass is 32.2. The fourth-order valence-corrected chi connectivity index (χ4v) is 1.80. The number of nitrogen functional groups attached to an aromatic ring is 1. The van der Waals surface area contributed by atoms with Crippen molar-refractivity contribution in [2.75, 3.05) is 30.4 Å². The molecule has 0 atom stereocenters. The zero-order valence-corrected chi connectivity index (χ0v) is 10.6. The van der Waals surface area contributed by atoms with Crippen LogP contribution in [0.5, 0.6) is 0 Å². The van der Waals surface area contributed by atoms with Gasteiger partial charge in [0, 0.05) is 18.8 Å². The summed E-state index contributed by atoms with van der Waals surface area (Å²) in [5.41, 5.74) is 6.43. The van der Waals surface area contributed by atoms with Crippen LogP contribution in [0.25, 0.3) is 0 Å². The van der Waals surface area contributed by atoms with E-state index in [0.717, 1.165) is 6.26 Å². The number of carbonyl (C=O) groups is 1. The minimum Gasteiger partial charge on any atom is -0.478 e. The molecule has 0 unspecified atom stereocenters. The molecule has 0 fully saturated rings. The van der Waals surface area contributed by atoms with Crippen LogP contribution < -0.4 is 15.8 Å². The van der Waals surface area contributed by atoms with Gasteiger partial charge in [0.15, 0.2) is 0 Å². The Kier molecular flexibility index (Phi) is 4.51. The minimum absolute atomic E-state index is 0.0866. The fraction of sp³-hybridized carbons (Fsp3) is 0.300. The summed E-state index contributed by atoms with van der Waals surface area (Å²) in [5.74, 6) is -1.08. The predicted molar refractivity (Wildman–Crippen MR) is 69.1 cm³/mol. The van der Waals surface area contributed by atoms with E-state index in [2.05, 4.69) is 10.0 Å². The van der Waals surface area contributed by atoms with Gasteiger partial charge in [-0.25, -0.2) is 17.9 Å². The number of aromatic carboxylic acids is 1. The SMILES string of the molecule is CS(=O)(=O)NCCNc1cc(N)ccc1C(=O)O. The molecule has 0 saturated carbocycles. The van der Waals surface area contributed by atoms with Crippen molar-refractivity contribution in [2.24, 2.45) is 0 Å². The monoisotopic (exact) mass is 273 g/mol. The van der Waals surface area contributed by atoms with Gasteiger partial charge < -0.3 is 16.2 Å². The third-order valence-corrected chi connectivity index (χ3v) is 2.81. The van der Waals surface area contributed by atoms with E-state index in [-0.39, 0.29) is 18.7 Å². The van der Waals surface area contributed by atoms with Gasteiger partial charge in [-0.3, -0.25) is 0 Å². The Balaban J connectivity index is 2.66. The van der Waals surface area contributed by atoms with E-state index in [9.17, 15) is 13.2 Å². The Labute approximate surface area is 105 Å². The van der Waals surface area contributed by atoms with Crippen LogP contribution in [-0.4, -0.2) is 38.8 Å². The Hall–Kier alpha value is -1.80. The Morgan fingerprint density at radius 1 is 1.39 bits per heavy atom. The lowest BCUT2D eigenvalue weighted by Gasteiger charge is -2.10. The van der Waals surface area contributed by atoms with Gasteiger partial charge >= 0.3 is 5.97 Å². The summed E-state index contributed by atoms with van der Waals surface area (Å²) in [7, 11) is -3.24. The number of nitrogens with two attached hydrogens (primary N) is 1. The van der Waals surface area contributed by atoms with E-state index >= 15 is 0 Å². The fourth-order valence-electron chi connectivity index (χ4n) is 1.33. The van der Waals surface area contributed by atoms with E-state index in [1.807, 2.05) is 0 Å². The molecule has 7 nitrogen and oxygen atoms in total. The quantitative estimate of drug-likeness (QED) is 0.425. The first kappa shape index (κ1) is 14.3. The molecule has 0 aliphatic carbocycles. The van der Waals surface area contributed by atoms with Gasteiger partial charge in [0.1, 0.15) is 0 Å². The van der Waals surface area contributed by atoms with Crippen molar-refractivity contribution in [3.05, 3.63) is 23.8 Å². The zero-order chi connectivity index (χ0) is 13.8. The molecule has 100 valence electrons. The first-order valence-corrected chi connectivity index (χ1v) is 7.00. The van der Waals surface area contributed by atoms with Crippen molar-refractivity contribution in [2.45, 2.75) is 0 Å². The van der Waals surface area contributed by atoms with E-state index in [1.165, 1.54) is 18.2 Å². The van der Waals surface area contributed by atoms with Gasteiger partial charge in [0.05, 0.1) is 17.5 Å². The van der Waals surface area contributed by atoms with Gasteiger partial charge in [-0.1, -0.05) is 0 Å². The molecule has 0 aliphatic rings. The van der Waals surface area contributed by atoms with Gasteiger partial charge in [-0.15, -0.1) is 0 Å². The number of sulfonamides is 1. The molecule has 0 radical (unpaired) electrons. The van der Waals surface area contributed by atoms with Crippen LogP contribution in [0.4, 0.5) is 11.4 Å². The molecule has 0 bridgehead atoms. The number of hydrogen-bond acceptors (Lipinski definition) is 5. The number of rotatable bonds is 6. The second-order valence-electron chi connectivity index (χ2n) is 3.70. The van der Waals surface area contributed by atoms with E-state index < -0.39 is 16.0 Å². The average molecular weight is 273 g/mol. The van der Waals surface area contributed by atoms with Crippen molar-refractivity contribution < 1.29 is 18.3 Å². The minimum atomic E-state index is -3.24. The third kappa shape index (κ3) is 4.60. The first-order chi connectivity index (χ1) is 8.29. The molecule has 0 amide bonds. The Morgan fingerprint density at radius 2 is 2.06 bits per heavy atom. The van der Waals surface area contributed by atoms with Crippen LogP contribution in [0.1, 0.15) is 10.4 Å². The van der Waals surface area contributed by atoms with E-state index in [0.29, 0.717) is 11.4 Å². The third-order valence-electron chi connectivity index (χ3n) is 2.08. The van der Waals surface area contributed by atoms with Crippen molar-refractivity contribution in [1.82, 2.24) is 4.72 Å². The molecule has 1 aromatic rings. The van der Waals surface area contributed by atoms with E-state index in [1.54, 1.807) is 0 Å². The summed E-state index contributed by atoms with van der Waals surface area (Å²) >= 11 is 0. The molecule has 1 aromatic carbocycles. The average Bonchev–Trinajstić information content (AvgIpc) is 2.22. The summed E-state index contributed by atoms with van der Waals surface area (Å²) < 4.78 is 23.9. The molecular weight excluding hydrogens is 258 g/mol. The number of hydrogen-bond donors (Lipinski definition) is 4. The number of carboxylic acids is 1. The second-order valence-corrected chi connectivity index (χ2v) is 5.54. The lowest BCUT2D eigenvalue weighted by atomic mass is 10.1. The summed E-state index contributed by atoms with van der Waals surface area (Å²) in [5, 5.41) is 11.8. The van der Waals surface area contributed by atoms with Gasteiger partial charge in [-0.2, -0.15) is 0 Å². The summed E-state index contributed by atoms with van der Waals surface area (Å²) in [6.07, 6.45) is 1.05. The zero-order valence-electron chi connectivity index (χ0n) is 9.80. The Morgan fingerprint density at radius 3 is 2.61 bits per heavy atom. The predicted octanol–water partition coefficient (Wildman–Crippen LogP) is -0.0719. The lowest BCUT2D eigenvalue weighted by molar-refractivity contribution is 0.0698. The first-order valence-electron chi connectivity index (χ1n) is 5.11. The van der Waals surface area contributed by atoms with Crippen LogP contribution in [0.2, 0.25) is 0 Å². The molecule has 0 spiro atoms. The van der Waals surface area contributed by atoms with Crippen molar-refractivity contribution in [3.8, 4) is 0 Å². The number of nitrogens with one attached hydrogen (secondary N) is 2. The second kappa shape index (κ2) is 5.69. The van der Waals surface area contributed by atoms with Crippen LogP contribution in [0.15, 0.2) is 18.2 Å². The molecule has 0 aromatic heterocycles.